The number of hydrogen-bond donors (Lipinski definition) is 0. The standard InChI is InChI=1S/C29H58O6P2S4/c1-6-7-8-9-10-15-20-31-29(30)25-41-37(39)34-23-28(35-37)24-40-36(38,32-21-16-11-13-18-26(2)3)33-22-17-12-14-19-27(4)5/h26-28H,6-25H2,1-5H3. The first-order valence-electron chi connectivity index (χ1n) is 15.8. The van der Waals surface area contributed by atoms with Crippen LogP contribution in [0, 0.1) is 11.8 Å². The van der Waals surface area contributed by atoms with Crippen LogP contribution in [0.1, 0.15) is 125 Å². The second-order valence-electron chi connectivity index (χ2n) is 11.6. The number of unbranched alkanes of at least 4 members (excludes halogenated alkanes) is 9. The van der Waals surface area contributed by atoms with Crippen molar-refractivity contribution in [2.24, 2.45) is 11.8 Å². The van der Waals surface area contributed by atoms with Gasteiger partial charge in [-0.25, -0.2) is 0 Å². The normalized spacial score (nSPS) is 19.4. The van der Waals surface area contributed by atoms with E-state index in [-0.39, 0.29) is 17.8 Å². The van der Waals surface area contributed by atoms with Crippen LogP contribution < -0.4 is 0 Å². The number of ether oxygens (including phenoxy) is 1. The lowest BCUT2D eigenvalue weighted by molar-refractivity contribution is -0.140. The fourth-order valence-corrected chi connectivity index (χ4v) is 12.7. The number of carbonyl (C=O) groups excluding carboxylic acids is 1. The lowest BCUT2D eigenvalue weighted by atomic mass is 10.1. The van der Waals surface area contributed by atoms with E-state index >= 15 is 0 Å². The summed E-state index contributed by atoms with van der Waals surface area (Å²) in [6, 6.07) is 0. The van der Waals surface area contributed by atoms with E-state index in [1.165, 1.54) is 62.7 Å². The molecule has 1 heterocycles. The van der Waals surface area contributed by atoms with Gasteiger partial charge in [-0.2, -0.15) is 0 Å². The minimum Gasteiger partial charge on any atom is -0.465 e. The summed E-state index contributed by atoms with van der Waals surface area (Å²) in [7, 11) is 0. The van der Waals surface area contributed by atoms with Crippen molar-refractivity contribution in [3.8, 4) is 0 Å². The summed E-state index contributed by atoms with van der Waals surface area (Å²) in [6.07, 6.45) is 16.0. The molecular weight excluding hydrogens is 635 g/mol. The van der Waals surface area contributed by atoms with Gasteiger partial charge in [-0.3, -0.25) is 4.79 Å². The zero-order chi connectivity index (χ0) is 30.4. The molecule has 2 atom stereocenters. The third-order valence-corrected chi connectivity index (χ3v) is 17.1. The third kappa shape index (κ3) is 22.5. The Balaban J connectivity index is 2.41. The predicted molar refractivity (Wildman–Crippen MR) is 187 cm³/mol. The summed E-state index contributed by atoms with van der Waals surface area (Å²) in [5.41, 5.74) is -5.06. The van der Waals surface area contributed by atoms with Crippen molar-refractivity contribution in [2.75, 3.05) is 37.9 Å². The molecule has 6 nitrogen and oxygen atoms in total. The highest BCUT2D eigenvalue weighted by Gasteiger charge is 2.35. The molecule has 1 aliphatic heterocycles. The molecule has 0 saturated carbocycles. The van der Waals surface area contributed by atoms with Gasteiger partial charge in [-0.05, 0) is 54.7 Å². The lowest BCUT2D eigenvalue weighted by Gasteiger charge is -2.23. The highest BCUT2D eigenvalue weighted by atomic mass is 32.9. The summed E-state index contributed by atoms with van der Waals surface area (Å²) >= 11 is 14.4. The Labute approximate surface area is 270 Å². The van der Waals surface area contributed by atoms with E-state index in [1.54, 1.807) is 11.4 Å². The van der Waals surface area contributed by atoms with Crippen molar-refractivity contribution in [1.29, 1.82) is 0 Å². The van der Waals surface area contributed by atoms with Gasteiger partial charge >= 0.3 is 5.97 Å². The van der Waals surface area contributed by atoms with Crippen molar-refractivity contribution in [1.82, 2.24) is 0 Å². The van der Waals surface area contributed by atoms with Crippen molar-refractivity contribution in [3.05, 3.63) is 0 Å². The Morgan fingerprint density at radius 2 is 1.41 bits per heavy atom. The van der Waals surface area contributed by atoms with E-state index in [4.69, 9.17) is 46.4 Å². The quantitative estimate of drug-likeness (QED) is 0.0472. The second-order valence-corrected chi connectivity index (χ2v) is 24.2. The third-order valence-electron chi connectivity index (χ3n) is 6.57. The maximum Gasteiger partial charge on any atom is 0.316 e. The fourth-order valence-electron chi connectivity index (χ4n) is 4.11. The Bertz CT molecular complexity index is 748. The smallest absolute Gasteiger partial charge is 0.316 e. The highest BCUT2D eigenvalue weighted by molar-refractivity contribution is 8.68. The van der Waals surface area contributed by atoms with E-state index < -0.39 is 11.4 Å². The van der Waals surface area contributed by atoms with Crippen LogP contribution in [0.15, 0.2) is 0 Å². The Hall–Kier alpha value is 1.31. The largest absolute Gasteiger partial charge is 0.465 e. The second kappa shape index (κ2) is 24.5. The maximum absolute atomic E-state index is 12.2. The molecule has 0 aliphatic carbocycles. The van der Waals surface area contributed by atoms with Crippen LogP contribution in [0.4, 0.5) is 0 Å². The van der Waals surface area contributed by atoms with Crippen LogP contribution in [0.25, 0.3) is 0 Å². The zero-order valence-corrected chi connectivity index (χ0v) is 31.4. The van der Waals surface area contributed by atoms with Crippen LogP contribution in [0.3, 0.4) is 0 Å². The molecule has 1 fully saturated rings. The summed E-state index contributed by atoms with van der Waals surface area (Å²) in [5, 5.41) is 0. The van der Waals surface area contributed by atoms with Crippen LogP contribution in [0.5, 0.6) is 0 Å². The van der Waals surface area contributed by atoms with Crippen LogP contribution in [0.2, 0.25) is 0 Å². The number of hydrogen-bond acceptors (Lipinski definition) is 10. The van der Waals surface area contributed by atoms with Gasteiger partial charge in [0.2, 0.25) is 11.4 Å². The molecule has 1 saturated heterocycles. The van der Waals surface area contributed by atoms with E-state index in [0.717, 1.165) is 50.4 Å². The van der Waals surface area contributed by atoms with Crippen molar-refractivity contribution in [3.63, 3.8) is 0 Å². The Kier molecular flexibility index (Phi) is 24.1. The van der Waals surface area contributed by atoms with Crippen LogP contribution in [-0.2, 0) is 51.2 Å². The summed E-state index contributed by atoms with van der Waals surface area (Å²) < 4.78 is 29.9. The molecule has 1 rings (SSSR count). The average Bonchev–Trinajstić information content (AvgIpc) is 3.31. The van der Waals surface area contributed by atoms with Gasteiger partial charge in [0.05, 0.1) is 32.5 Å². The minimum atomic E-state index is -2.57. The van der Waals surface area contributed by atoms with E-state index in [0.29, 0.717) is 32.2 Å². The van der Waals surface area contributed by atoms with E-state index in [1.807, 2.05) is 0 Å². The summed E-state index contributed by atoms with van der Waals surface area (Å²) in [4.78, 5) is 12.2. The maximum atomic E-state index is 12.2. The zero-order valence-electron chi connectivity index (χ0n) is 26.4. The monoisotopic (exact) mass is 692 g/mol. The van der Waals surface area contributed by atoms with Gasteiger partial charge in [-0.15, -0.1) is 0 Å². The molecule has 1 aliphatic rings. The van der Waals surface area contributed by atoms with Gasteiger partial charge in [0.1, 0.15) is 5.75 Å². The van der Waals surface area contributed by atoms with E-state index in [9.17, 15) is 4.79 Å². The molecule has 41 heavy (non-hydrogen) atoms. The van der Waals surface area contributed by atoms with Crippen molar-refractivity contribution >= 4 is 63.7 Å². The first-order valence-corrected chi connectivity index (χ1v) is 24.3. The van der Waals surface area contributed by atoms with Crippen LogP contribution in [-0.4, -0.2) is 50.0 Å². The van der Waals surface area contributed by atoms with Gasteiger partial charge in [-0.1, -0.05) is 128 Å². The van der Waals surface area contributed by atoms with Gasteiger partial charge in [0.25, 0.3) is 0 Å². The highest BCUT2D eigenvalue weighted by Crippen LogP contribution is 2.67. The molecule has 0 aromatic rings. The molecule has 2 unspecified atom stereocenters. The van der Waals surface area contributed by atoms with Crippen LogP contribution >= 0.6 is 34.2 Å². The number of rotatable bonds is 27. The number of esters is 1. The predicted octanol–water partition coefficient (Wildman–Crippen LogP) is 10.7. The molecule has 0 N–H and O–H groups in total. The average molecular weight is 693 g/mol. The van der Waals surface area contributed by atoms with Gasteiger partial charge in [0.15, 0.2) is 0 Å². The molecular formula is C29H58O6P2S4. The molecule has 244 valence electrons. The SMILES string of the molecule is CCCCCCCCOC(=O)CSP1(=S)OCC(CSP(=S)(OCCCCCC(C)C)OCCCCCC(C)C)O1. The molecule has 0 spiro atoms. The Morgan fingerprint density at radius 1 is 0.878 bits per heavy atom. The molecule has 0 radical (unpaired) electrons. The topological polar surface area (TPSA) is 63.2 Å². The first-order chi connectivity index (χ1) is 19.6. The van der Waals surface area contributed by atoms with Crippen molar-refractivity contribution in [2.45, 2.75) is 131 Å². The molecule has 0 aromatic carbocycles. The first kappa shape index (κ1) is 40.3. The molecule has 12 heteroatoms. The fraction of sp³-hybridized carbons (Fsp3) is 0.966. The summed E-state index contributed by atoms with van der Waals surface area (Å²) in [5.74, 6) is 1.98. The minimum absolute atomic E-state index is 0.158. The Morgan fingerprint density at radius 3 is 2.00 bits per heavy atom. The van der Waals surface area contributed by atoms with Gasteiger partial charge < -0.3 is 22.8 Å². The number of carbonyl (C=O) groups is 1. The van der Waals surface area contributed by atoms with Gasteiger partial charge in [0, 0.05) is 5.75 Å². The lowest BCUT2D eigenvalue weighted by Crippen LogP contribution is -2.12. The molecule has 0 aromatic heterocycles. The van der Waals surface area contributed by atoms with E-state index in [2.05, 4.69) is 34.6 Å². The summed E-state index contributed by atoms with van der Waals surface area (Å²) in [6.45, 7) is 13.4. The molecule has 0 bridgehead atoms. The van der Waals surface area contributed by atoms with Crippen molar-refractivity contribution < 1.29 is 27.6 Å². The molecule has 0 amide bonds.